The van der Waals surface area contributed by atoms with Crippen LogP contribution in [0.25, 0.3) is 0 Å². The largest absolute Gasteiger partial charge is 0.480 e. The number of hydrogen-bond acceptors (Lipinski definition) is 3. The van der Waals surface area contributed by atoms with Gasteiger partial charge in [0.05, 0.1) is 6.54 Å². The zero-order valence-corrected chi connectivity index (χ0v) is 7.75. The molecular formula is C9H15NO3. The number of hydrogen-bond donors (Lipinski definition) is 2. The summed E-state index contributed by atoms with van der Waals surface area (Å²) in [5.41, 5.74) is 0.848. The summed E-state index contributed by atoms with van der Waals surface area (Å²) in [6.07, 6.45) is 1.47. The van der Waals surface area contributed by atoms with Crippen LogP contribution in [0.4, 0.5) is 0 Å². The number of nitrogens with one attached hydrogen (secondary N) is 1. The van der Waals surface area contributed by atoms with Gasteiger partial charge in [0, 0.05) is 12.5 Å². The molecule has 2 N–H and O–H groups in total. The lowest BCUT2D eigenvalue weighted by Crippen LogP contribution is -2.24. The Bertz CT molecular complexity index is 201. The van der Waals surface area contributed by atoms with Gasteiger partial charge in [-0.25, -0.2) is 0 Å². The van der Waals surface area contributed by atoms with Crippen LogP contribution in [0.15, 0.2) is 12.2 Å². The van der Waals surface area contributed by atoms with E-state index < -0.39 is 5.97 Å². The van der Waals surface area contributed by atoms with Gasteiger partial charge in [0.25, 0.3) is 0 Å². The summed E-state index contributed by atoms with van der Waals surface area (Å²) in [5, 5.41) is 11.0. The molecule has 0 aliphatic rings. The highest BCUT2D eigenvalue weighted by Gasteiger charge is 2.03. The molecule has 1 unspecified atom stereocenters. The van der Waals surface area contributed by atoms with E-state index >= 15 is 0 Å². The normalized spacial score (nSPS) is 12.1. The highest BCUT2D eigenvalue weighted by molar-refractivity contribution is 5.69. The highest BCUT2D eigenvalue weighted by atomic mass is 16.4. The van der Waals surface area contributed by atoms with Crippen molar-refractivity contribution in [1.29, 1.82) is 0 Å². The fourth-order valence-corrected chi connectivity index (χ4v) is 0.922. The first-order chi connectivity index (χ1) is 6.06. The van der Waals surface area contributed by atoms with E-state index in [0.717, 1.165) is 11.9 Å². The summed E-state index contributed by atoms with van der Waals surface area (Å²) < 4.78 is 0. The van der Waals surface area contributed by atoms with Gasteiger partial charge in [-0.15, -0.1) is 0 Å². The van der Waals surface area contributed by atoms with E-state index in [0.29, 0.717) is 13.0 Å². The Morgan fingerprint density at radius 3 is 2.69 bits per heavy atom. The molecule has 0 aliphatic carbocycles. The molecule has 74 valence electrons. The Labute approximate surface area is 77.6 Å². The van der Waals surface area contributed by atoms with Crippen molar-refractivity contribution in [3.8, 4) is 0 Å². The van der Waals surface area contributed by atoms with Crippen LogP contribution < -0.4 is 5.32 Å². The molecule has 0 radical (unpaired) electrons. The lowest BCUT2D eigenvalue weighted by molar-refractivity contribution is -0.135. The average molecular weight is 185 g/mol. The quantitative estimate of drug-likeness (QED) is 0.446. The van der Waals surface area contributed by atoms with Gasteiger partial charge in [-0.1, -0.05) is 19.1 Å². The number of carbonyl (C=O) groups excluding carboxylic acids is 1. The van der Waals surface area contributed by atoms with Crippen LogP contribution in [0.5, 0.6) is 0 Å². The maximum absolute atomic E-state index is 10.3. The molecule has 0 saturated carbocycles. The van der Waals surface area contributed by atoms with E-state index in [9.17, 15) is 9.59 Å². The molecule has 0 rings (SSSR count). The van der Waals surface area contributed by atoms with E-state index in [1.54, 1.807) is 6.92 Å². The van der Waals surface area contributed by atoms with Crippen LogP contribution in [0.3, 0.4) is 0 Å². The molecule has 0 aromatic heterocycles. The van der Waals surface area contributed by atoms with E-state index in [1.807, 2.05) is 0 Å². The summed E-state index contributed by atoms with van der Waals surface area (Å²) in [6.45, 7) is 5.90. The van der Waals surface area contributed by atoms with Crippen molar-refractivity contribution in [1.82, 2.24) is 5.32 Å². The summed E-state index contributed by atoms with van der Waals surface area (Å²) in [7, 11) is 0. The van der Waals surface area contributed by atoms with Crippen LogP contribution in [0.1, 0.15) is 13.3 Å². The third kappa shape index (κ3) is 7.21. The number of carboxylic acid groups (broad SMARTS) is 1. The van der Waals surface area contributed by atoms with E-state index in [1.165, 1.54) is 0 Å². The van der Waals surface area contributed by atoms with Gasteiger partial charge >= 0.3 is 5.97 Å². The fraction of sp³-hybridized carbons (Fsp3) is 0.556. The number of aliphatic carboxylic acids is 1. The van der Waals surface area contributed by atoms with Crippen LogP contribution in [0, 0.1) is 5.92 Å². The first-order valence-corrected chi connectivity index (χ1v) is 4.10. The third-order valence-corrected chi connectivity index (χ3v) is 1.49. The molecule has 0 aliphatic heterocycles. The summed E-state index contributed by atoms with van der Waals surface area (Å²) in [5.74, 6) is -0.935. The molecule has 13 heavy (non-hydrogen) atoms. The Hall–Kier alpha value is -1.16. The fourth-order valence-electron chi connectivity index (χ4n) is 0.922. The zero-order valence-electron chi connectivity index (χ0n) is 7.75. The summed E-state index contributed by atoms with van der Waals surface area (Å²) >= 11 is 0. The SMILES string of the molecule is C=C(CNCC(=O)O)CC(C)C=O. The highest BCUT2D eigenvalue weighted by Crippen LogP contribution is 2.05. The van der Waals surface area contributed by atoms with Crippen molar-refractivity contribution in [3.05, 3.63) is 12.2 Å². The molecule has 0 aromatic carbocycles. The van der Waals surface area contributed by atoms with Gasteiger partial charge in [0.1, 0.15) is 6.29 Å². The van der Waals surface area contributed by atoms with Crippen molar-refractivity contribution in [2.24, 2.45) is 5.92 Å². The Kier molecular flexibility index (Phi) is 5.80. The number of aldehydes is 1. The van der Waals surface area contributed by atoms with E-state index in [4.69, 9.17) is 5.11 Å². The molecule has 0 bridgehead atoms. The van der Waals surface area contributed by atoms with Gasteiger partial charge in [-0.2, -0.15) is 0 Å². The minimum absolute atomic E-state index is 0.0425. The number of carboxylic acids is 1. The van der Waals surface area contributed by atoms with Gasteiger partial charge in [0.2, 0.25) is 0 Å². The number of carbonyl (C=O) groups is 2. The second kappa shape index (κ2) is 6.37. The number of rotatable bonds is 7. The molecule has 0 aromatic rings. The molecule has 0 saturated heterocycles. The maximum Gasteiger partial charge on any atom is 0.317 e. The second-order valence-electron chi connectivity index (χ2n) is 3.06. The minimum Gasteiger partial charge on any atom is -0.480 e. The van der Waals surface area contributed by atoms with Crippen LogP contribution >= 0.6 is 0 Å². The van der Waals surface area contributed by atoms with Crippen molar-refractivity contribution < 1.29 is 14.7 Å². The lowest BCUT2D eigenvalue weighted by Gasteiger charge is -2.07. The molecular weight excluding hydrogens is 170 g/mol. The van der Waals surface area contributed by atoms with Crippen LogP contribution in [-0.4, -0.2) is 30.5 Å². The Balaban J connectivity index is 3.51. The average Bonchev–Trinajstić information content (AvgIpc) is 2.03. The monoisotopic (exact) mass is 185 g/mol. The third-order valence-electron chi connectivity index (χ3n) is 1.49. The van der Waals surface area contributed by atoms with Crippen molar-refractivity contribution in [3.63, 3.8) is 0 Å². The Morgan fingerprint density at radius 2 is 2.23 bits per heavy atom. The van der Waals surface area contributed by atoms with Crippen molar-refractivity contribution in [2.75, 3.05) is 13.1 Å². The van der Waals surface area contributed by atoms with Gasteiger partial charge in [-0.05, 0) is 6.42 Å². The van der Waals surface area contributed by atoms with E-state index in [2.05, 4.69) is 11.9 Å². The molecule has 0 heterocycles. The first-order valence-electron chi connectivity index (χ1n) is 4.10. The van der Waals surface area contributed by atoms with Gasteiger partial charge in [-0.3, -0.25) is 4.79 Å². The predicted octanol–water partition coefficient (Wildman–Crippen LogP) is 0.442. The van der Waals surface area contributed by atoms with Gasteiger partial charge < -0.3 is 15.2 Å². The molecule has 4 nitrogen and oxygen atoms in total. The summed E-state index contributed by atoms with van der Waals surface area (Å²) in [6, 6.07) is 0. The van der Waals surface area contributed by atoms with Crippen LogP contribution in [0.2, 0.25) is 0 Å². The zero-order chi connectivity index (χ0) is 10.3. The predicted molar refractivity (Wildman–Crippen MR) is 49.5 cm³/mol. The van der Waals surface area contributed by atoms with E-state index in [-0.39, 0.29) is 12.5 Å². The molecule has 4 heteroatoms. The maximum atomic E-state index is 10.3. The Morgan fingerprint density at radius 1 is 1.62 bits per heavy atom. The molecule has 1 atom stereocenters. The van der Waals surface area contributed by atoms with Crippen LogP contribution in [-0.2, 0) is 9.59 Å². The molecule has 0 spiro atoms. The summed E-state index contributed by atoms with van der Waals surface area (Å²) in [4.78, 5) is 20.4. The van der Waals surface area contributed by atoms with Gasteiger partial charge in [0.15, 0.2) is 0 Å². The first kappa shape index (κ1) is 11.8. The van der Waals surface area contributed by atoms with Crippen molar-refractivity contribution in [2.45, 2.75) is 13.3 Å². The van der Waals surface area contributed by atoms with Crippen molar-refractivity contribution >= 4 is 12.3 Å². The topological polar surface area (TPSA) is 66.4 Å². The lowest BCUT2D eigenvalue weighted by atomic mass is 10.0. The molecule has 0 fully saturated rings. The second-order valence-corrected chi connectivity index (χ2v) is 3.06. The smallest absolute Gasteiger partial charge is 0.317 e. The molecule has 0 amide bonds. The minimum atomic E-state index is -0.892. The standard InChI is InChI=1S/C9H15NO3/c1-7(3-8(2)6-11)4-10-5-9(12)13/h6,8,10H,1,3-5H2,2H3,(H,12,13).